The summed E-state index contributed by atoms with van der Waals surface area (Å²) in [5.74, 6) is 0. The van der Waals surface area contributed by atoms with Crippen molar-refractivity contribution in [1.29, 1.82) is 0 Å². The van der Waals surface area contributed by atoms with E-state index in [0.29, 0.717) is 0 Å². The fourth-order valence-electron chi connectivity index (χ4n) is 2.75. The van der Waals surface area contributed by atoms with Gasteiger partial charge in [-0.25, -0.2) is 4.58 Å². The molecule has 26 heavy (non-hydrogen) atoms. The average molecular weight is 377 g/mol. The lowest BCUT2D eigenvalue weighted by molar-refractivity contribution is -0.462. The van der Waals surface area contributed by atoms with Crippen molar-refractivity contribution in [2.24, 2.45) is 0 Å². The Hall–Kier alpha value is -2.50. The Bertz CT molecular complexity index is 983. The lowest BCUT2D eigenvalue weighted by Gasteiger charge is -2.17. The molecule has 1 aromatic carbocycles. The zero-order valence-electron chi connectivity index (χ0n) is 14.6. The van der Waals surface area contributed by atoms with Gasteiger partial charge in [0.15, 0.2) is 10.7 Å². The van der Waals surface area contributed by atoms with Gasteiger partial charge in [-0.3, -0.25) is 0 Å². The molecule has 0 amide bonds. The Kier molecular flexibility index (Phi) is 4.82. The fraction of sp³-hybridized carbons (Fsp3) is 0.0952. The van der Waals surface area contributed by atoms with Crippen LogP contribution in [0.15, 0.2) is 83.4 Å². The third-order valence-corrected chi connectivity index (χ3v) is 6.10. The number of allylic oxidation sites excluding steroid dienone is 8. The molecule has 2 aliphatic rings. The maximum atomic E-state index is 4.27. The summed E-state index contributed by atoms with van der Waals surface area (Å²) < 4.78 is 2.11. The van der Waals surface area contributed by atoms with Gasteiger partial charge < -0.3 is 0 Å². The molecule has 0 spiro atoms. The normalized spacial score (nSPS) is 16.6. The molecule has 0 N–H and O–H groups in total. The molecule has 0 unspecified atom stereocenters. The second-order valence-electron chi connectivity index (χ2n) is 6.13. The maximum Gasteiger partial charge on any atom is 0.199 e. The first kappa shape index (κ1) is 16.9. The first-order valence-corrected chi connectivity index (χ1v) is 9.98. The summed E-state index contributed by atoms with van der Waals surface area (Å²) >= 11 is 3.32. The number of hydrogen-bond acceptors (Lipinski definition) is 4. The SMILES string of the molecule is C[N+](C)=C1C=CC(=C2C=C(c3ccccc3)SC(c3nncs3)=C2)C=C1. The number of thioether (sulfide) groups is 1. The number of aromatic nitrogens is 2. The van der Waals surface area contributed by atoms with E-state index in [9.17, 15) is 0 Å². The highest BCUT2D eigenvalue weighted by atomic mass is 32.2. The second-order valence-corrected chi connectivity index (χ2v) is 8.04. The highest BCUT2D eigenvalue weighted by Gasteiger charge is 2.18. The first-order valence-electron chi connectivity index (χ1n) is 8.28. The van der Waals surface area contributed by atoms with Crippen molar-refractivity contribution in [3.63, 3.8) is 0 Å². The van der Waals surface area contributed by atoms with Gasteiger partial charge in [-0.1, -0.05) is 53.4 Å². The minimum Gasteiger partial charge on any atom is -0.235 e. The van der Waals surface area contributed by atoms with E-state index in [1.807, 2.05) is 6.07 Å². The Labute approximate surface area is 161 Å². The zero-order valence-corrected chi connectivity index (χ0v) is 16.2. The van der Waals surface area contributed by atoms with Crippen molar-refractivity contribution < 1.29 is 4.58 Å². The van der Waals surface area contributed by atoms with E-state index >= 15 is 0 Å². The van der Waals surface area contributed by atoms with Crippen molar-refractivity contribution >= 4 is 38.6 Å². The summed E-state index contributed by atoms with van der Waals surface area (Å²) in [6.45, 7) is 0. The van der Waals surface area contributed by atoms with E-state index in [1.54, 1.807) is 28.6 Å². The summed E-state index contributed by atoms with van der Waals surface area (Å²) in [5, 5.41) is 9.23. The Morgan fingerprint density at radius 2 is 1.58 bits per heavy atom. The predicted molar refractivity (Wildman–Crippen MR) is 112 cm³/mol. The first-order chi connectivity index (χ1) is 12.7. The van der Waals surface area contributed by atoms with Gasteiger partial charge in [0.1, 0.15) is 19.6 Å². The topological polar surface area (TPSA) is 28.8 Å². The molecule has 0 atom stereocenters. The van der Waals surface area contributed by atoms with Crippen LogP contribution in [0.4, 0.5) is 0 Å². The van der Waals surface area contributed by atoms with E-state index in [4.69, 9.17) is 0 Å². The van der Waals surface area contributed by atoms with Crippen LogP contribution in [0.2, 0.25) is 0 Å². The monoisotopic (exact) mass is 376 g/mol. The zero-order chi connectivity index (χ0) is 17.9. The fourth-order valence-corrected chi connectivity index (χ4v) is 4.47. The van der Waals surface area contributed by atoms with Crippen molar-refractivity contribution in [1.82, 2.24) is 10.2 Å². The number of hydrogen-bond donors (Lipinski definition) is 0. The van der Waals surface area contributed by atoms with Crippen molar-refractivity contribution in [3.8, 4) is 0 Å². The Balaban J connectivity index is 1.80. The van der Waals surface area contributed by atoms with Crippen molar-refractivity contribution in [2.45, 2.75) is 0 Å². The summed E-state index contributed by atoms with van der Waals surface area (Å²) in [4.78, 5) is 2.37. The van der Waals surface area contributed by atoms with Crippen LogP contribution in [0.1, 0.15) is 10.6 Å². The van der Waals surface area contributed by atoms with Crippen LogP contribution >= 0.6 is 23.1 Å². The summed E-state index contributed by atoms with van der Waals surface area (Å²) in [6.07, 6.45) is 13.1. The molecule has 0 radical (unpaired) electrons. The molecule has 0 fully saturated rings. The second kappa shape index (κ2) is 7.40. The van der Waals surface area contributed by atoms with Gasteiger partial charge in [-0.15, -0.1) is 10.2 Å². The van der Waals surface area contributed by atoms with Gasteiger partial charge in [0.2, 0.25) is 0 Å². The highest BCUT2D eigenvalue weighted by Crippen LogP contribution is 2.45. The smallest absolute Gasteiger partial charge is 0.199 e. The third-order valence-electron chi connectivity index (χ3n) is 4.14. The Morgan fingerprint density at radius 1 is 0.846 bits per heavy atom. The third kappa shape index (κ3) is 3.54. The molecule has 5 heteroatoms. The van der Waals surface area contributed by atoms with Gasteiger partial charge in [-0.2, -0.15) is 0 Å². The predicted octanol–water partition coefficient (Wildman–Crippen LogP) is 4.80. The minimum absolute atomic E-state index is 0.957. The molecule has 1 aromatic heterocycles. The number of benzene rings is 1. The van der Waals surface area contributed by atoms with Crippen LogP contribution in [0.5, 0.6) is 0 Å². The molecular formula is C21H18N3S2+. The van der Waals surface area contributed by atoms with Crippen LogP contribution in [0.3, 0.4) is 0 Å². The summed E-state index contributed by atoms with van der Waals surface area (Å²) in [7, 11) is 4.11. The molecule has 2 heterocycles. The number of nitrogens with zero attached hydrogens (tertiary/aromatic N) is 3. The molecule has 4 rings (SSSR count). The Morgan fingerprint density at radius 3 is 2.23 bits per heavy atom. The molecule has 128 valence electrons. The van der Waals surface area contributed by atoms with Crippen LogP contribution in [-0.4, -0.2) is 34.6 Å². The van der Waals surface area contributed by atoms with E-state index in [0.717, 1.165) is 9.91 Å². The molecule has 3 nitrogen and oxygen atoms in total. The minimum atomic E-state index is 0.957. The standard InChI is InChI=1S/C21H18N3S2/c1-24(2)18-10-8-15(9-11-18)17-12-19(16-6-4-3-5-7-16)26-20(13-17)21-23-22-14-25-21/h3-14H,1-2H3/q+1. The van der Waals surface area contributed by atoms with Crippen molar-refractivity contribution in [2.75, 3.05) is 14.1 Å². The van der Waals surface area contributed by atoms with Crippen LogP contribution in [0.25, 0.3) is 9.81 Å². The van der Waals surface area contributed by atoms with Gasteiger partial charge in [-0.05, 0) is 41.0 Å². The molecule has 0 saturated heterocycles. The maximum absolute atomic E-state index is 4.27. The summed E-state index contributed by atoms with van der Waals surface area (Å²) in [6, 6.07) is 10.5. The molecule has 0 saturated carbocycles. The number of rotatable bonds is 2. The average Bonchev–Trinajstić information content (AvgIpc) is 3.23. The molecular weight excluding hydrogens is 358 g/mol. The lowest BCUT2D eigenvalue weighted by Crippen LogP contribution is -2.10. The van der Waals surface area contributed by atoms with E-state index < -0.39 is 0 Å². The van der Waals surface area contributed by atoms with E-state index in [1.165, 1.54) is 27.3 Å². The van der Waals surface area contributed by atoms with Crippen molar-refractivity contribution in [3.05, 3.63) is 94.0 Å². The van der Waals surface area contributed by atoms with Gasteiger partial charge in [0.05, 0.1) is 4.91 Å². The van der Waals surface area contributed by atoms with Gasteiger partial charge >= 0.3 is 0 Å². The summed E-state index contributed by atoms with van der Waals surface area (Å²) in [5.41, 5.74) is 6.59. The quantitative estimate of drug-likeness (QED) is 0.705. The van der Waals surface area contributed by atoms with Crippen LogP contribution in [-0.2, 0) is 0 Å². The lowest BCUT2D eigenvalue weighted by atomic mass is 10.00. The molecule has 1 aliphatic heterocycles. The molecule has 0 bridgehead atoms. The van der Waals surface area contributed by atoms with E-state index in [-0.39, 0.29) is 0 Å². The van der Waals surface area contributed by atoms with Gasteiger partial charge in [0.25, 0.3) is 0 Å². The molecule has 1 aliphatic carbocycles. The molecule has 2 aromatic rings. The highest BCUT2D eigenvalue weighted by molar-refractivity contribution is 8.16. The largest absolute Gasteiger partial charge is 0.235 e. The van der Waals surface area contributed by atoms with Crippen LogP contribution < -0.4 is 0 Å². The van der Waals surface area contributed by atoms with E-state index in [2.05, 4.69) is 89.6 Å². The van der Waals surface area contributed by atoms with Gasteiger partial charge in [0, 0.05) is 17.1 Å². The van der Waals surface area contributed by atoms with Crippen LogP contribution in [0, 0.1) is 0 Å².